The summed E-state index contributed by atoms with van der Waals surface area (Å²) in [7, 11) is 0. The predicted molar refractivity (Wildman–Crippen MR) is 82.9 cm³/mol. The van der Waals surface area contributed by atoms with Crippen LogP contribution in [0.1, 0.15) is 21.8 Å². The average Bonchev–Trinajstić information content (AvgIpc) is 2.86. The molecule has 0 saturated carbocycles. The van der Waals surface area contributed by atoms with Gasteiger partial charge in [-0.05, 0) is 43.7 Å². The molecule has 3 rings (SSSR count). The maximum absolute atomic E-state index is 12.3. The smallest absolute Gasteiger partial charge is 0.291 e. The summed E-state index contributed by atoms with van der Waals surface area (Å²) in [6, 6.07) is 10.6. The van der Waals surface area contributed by atoms with E-state index in [1.807, 2.05) is 26.0 Å². The van der Waals surface area contributed by atoms with Gasteiger partial charge in [0, 0.05) is 22.5 Å². The Labute approximate surface area is 126 Å². The third-order valence-electron chi connectivity index (χ3n) is 3.18. The summed E-state index contributed by atoms with van der Waals surface area (Å²) in [5, 5.41) is 3.37. The minimum absolute atomic E-state index is 0.225. The summed E-state index contributed by atoms with van der Waals surface area (Å²) in [5.41, 5.74) is 3.73. The number of carbonyl (C=O) groups is 1. The number of furan rings is 1. The van der Waals surface area contributed by atoms with Gasteiger partial charge in [-0.15, -0.1) is 0 Å². The van der Waals surface area contributed by atoms with E-state index in [1.165, 1.54) is 0 Å². The lowest BCUT2D eigenvalue weighted by atomic mass is 10.2. The van der Waals surface area contributed by atoms with Gasteiger partial charge in [0.25, 0.3) is 5.91 Å². The second-order valence-corrected chi connectivity index (χ2v) is 5.30. The molecule has 0 aliphatic heterocycles. The Bertz CT molecular complexity index is 839. The highest BCUT2D eigenvalue weighted by Gasteiger charge is 2.14. The molecule has 1 aromatic carbocycles. The Morgan fingerprint density at radius 3 is 2.81 bits per heavy atom. The first-order chi connectivity index (χ1) is 10.0. The number of aromatic nitrogens is 1. The van der Waals surface area contributed by atoms with Crippen molar-refractivity contribution in [2.75, 3.05) is 5.32 Å². The van der Waals surface area contributed by atoms with Crippen molar-refractivity contribution in [3.05, 3.63) is 58.4 Å². The molecule has 0 unspecified atom stereocenters. The van der Waals surface area contributed by atoms with Gasteiger partial charge in [0.2, 0.25) is 0 Å². The average molecular weight is 301 g/mol. The van der Waals surface area contributed by atoms with Crippen molar-refractivity contribution in [2.24, 2.45) is 0 Å². The number of nitrogens with zero attached hydrogens (tertiary/aromatic N) is 1. The van der Waals surface area contributed by atoms with E-state index in [0.717, 1.165) is 11.3 Å². The number of fused-ring (bicyclic) bond motifs is 1. The molecule has 3 aromatic rings. The molecule has 1 amide bonds. The summed E-state index contributed by atoms with van der Waals surface area (Å²) in [6.45, 7) is 3.79. The Hall–Kier alpha value is -2.33. The summed E-state index contributed by atoms with van der Waals surface area (Å²) < 4.78 is 5.52. The van der Waals surface area contributed by atoms with Gasteiger partial charge in [0.15, 0.2) is 11.3 Å². The molecule has 4 nitrogen and oxygen atoms in total. The zero-order valence-corrected chi connectivity index (χ0v) is 12.4. The van der Waals surface area contributed by atoms with Crippen molar-refractivity contribution < 1.29 is 9.21 Å². The van der Waals surface area contributed by atoms with E-state index in [9.17, 15) is 4.79 Å². The fourth-order valence-corrected chi connectivity index (χ4v) is 2.22. The van der Waals surface area contributed by atoms with Crippen molar-refractivity contribution in [3.8, 4) is 0 Å². The zero-order chi connectivity index (χ0) is 15.0. The van der Waals surface area contributed by atoms with Gasteiger partial charge in [-0.25, -0.2) is 4.98 Å². The molecule has 0 atom stereocenters. The van der Waals surface area contributed by atoms with E-state index in [4.69, 9.17) is 16.0 Å². The normalized spacial score (nSPS) is 10.8. The fourth-order valence-electron chi connectivity index (χ4n) is 2.05. The van der Waals surface area contributed by atoms with Gasteiger partial charge in [0.05, 0.1) is 0 Å². The minimum atomic E-state index is -0.323. The molecule has 5 heteroatoms. The third-order valence-corrected chi connectivity index (χ3v) is 3.42. The van der Waals surface area contributed by atoms with E-state index in [1.54, 1.807) is 24.3 Å². The van der Waals surface area contributed by atoms with Gasteiger partial charge in [-0.2, -0.15) is 0 Å². The van der Waals surface area contributed by atoms with Crippen LogP contribution in [-0.4, -0.2) is 10.9 Å². The monoisotopic (exact) mass is 300 g/mol. The van der Waals surface area contributed by atoms with Crippen LogP contribution in [0, 0.1) is 13.8 Å². The molecule has 0 spiro atoms. The number of aryl methyl sites for hydroxylation is 2. The Balaban J connectivity index is 1.91. The Morgan fingerprint density at radius 2 is 2.00 bits per heavy atom. The first-order valence-corrected chi connectivity index (χ1v) is 6.85. The molecular formula is C16H13ClN2O2. The van der Waals surface area contributed by atoms with Crippen molar-refractivity contribution >= 4 is 34.3 Å². The van der Waals surface area contributed by atoms with Crippen molar-refractivity contribution in [3.63, 3.8) is 0 Å². The first kappa shape index (κ1) is 13.6. The number of benzene rings is 1. The lowest BCUT2D eigenvalue weighted by molar-refractivity contribution is 0.0998. The van der Waals surface area contributed by atoms with Gasteiger partial charge >= 0.3 is 0 Å². The van der Waals surface area contributed by atoms with Crippen molar-refractivity contribution in [2.45, 2.75) is 13.8 Å². The SMILES string of the molecule is Cc1ccc2oc(C(=O)Nc3cc(Cl)ccc3C)cc2n1. The highest BCUT2D eigenvalue weighted by atomic mass is 35.5. The van der Waals surface area contributed by atoms with Crippen LogP contribution in [0.25, 0.3) is 11.1 Å². The van der Waals surface area contributed by atoms with Crippen molar-refractivity contribution in [1.29, 1.82) is 0 Å². The van der Waals surface area contributed by atoms with E-state index in [2.05, 4.69) is 10.3 Å². The Morgan fingerprint density at radius 1 is 1.19 bits per heavy atom. The fraction of sp³-hybridized carbons (Fsp3) is 0.125. The number of carbonyl (C=O) groups excluding carboxylic acids is 1. The maximum Gasteiger partial charge on any atom is 0.291 e. The second-order valence-electron chi connectivity index (χ2n) is 4.86. The maximum atomic E-state index is 12.3. The summed E-state index contributed by atoms with van der Waals surface area (Å²) in [4.78, 5) is 16.6. The summed E-state index contributed by atoms with van der Waals surface area (Å²) >= 11 is 5.94. The number of pyridine rings is 1. The lowest BCUT2D eigenvalue weighted by Gasteiger charge is -2.07. The molecule has 2 heterocycles. The van der Waals surface area contributed by atoms with Crippen LogP contribution in [-0.2, 0) is 0 Å². The van der Waals surface area contributed by atoms with Gasteiger partial charge < -0.3 is 9.73 Å². The second kappa shape index (κ2) is 5.22. The number of halogens is 1. The van der Waals surface area contributed by atoms with Crippen LogP contribution in [0.2, 0.25) is 5.02 Å². The number of rotatable bonds is 2. The largest absolute Gasteiger partial charge is 0.449 e. The summed E-state index contributed by atoms with van der Waals surface area (Å²) in [5.74, 6) is -0.0986. The van der Waals surface area contributed by atoms with Gasteiger partial charge in [-0.3, -0.25) is 4.79 Å². The van der Waals surface area contributed by atoms with Crippen LogP contribution in [0.3, 0.4) is 0 Å². The summed E-state index contributed by atoms with van der Waals surface area (Å²) in [6.07, 6.45) is 0. The van der Waals surface area contributed by atoms with E-state index < -0.39 is 0 Å². The number of amides is 1. The molecule has 0 fully saturated rings. The topological polar surface area (TPSA) is 55.1 Å². The third kappa shape index (κ3) is 2.76. The molecule has 1 N–H and O–H groups in total. The first-order valence-electron chi connectivity index (χ1n) is 6.47. The van der Waals surface area contributed by atoms with Gasteiger partial charge in [-0.1, -0.05) is 17.7 Å². The molecule has 0 radical (unpaired) electrons. The van der Waals surface area contributed by atoms with Crippen LogP contribution in [0.5, 0.6) is 0 Å². The number of anilines is 1. The number of hydrogen-bond donors (Lipinski definition) is 1. The molecule has 2 aromatic heterocycles. The molecule has 0 bridgehead atoms. The quantitative estimate of drug-likeness (QED) is 0.765. The van der Waals surface area contributed by atoms with Crippen molar-refractivity contribution in [1.82, 2.24) is 4.98 Å². The van der Waals surface area contributed by atoms with Gasteiger partial charge in [0.1, 0.15) is 5.52 Å². The van der Waals surface area contributed by atoms with Crippen LogP contribution >= 0.6 is 11.6 Å². The molecule has 0 saturated heterocycles. The molecule has 106 valence electrons. The highest BCUT2D eigenvalue weighted by molar-refractivity contribution is 6.31. The minimum Gasteiger partial charge on any atom is -0.449 e. The molecule has 0 aliphatic carbocycles. The highest BCUT2D eigenvalue weighted by Crippen LogP contribution is 2.23. The van der Waals surface area contributed by atoms with E-state index in [0.29, 0.717) is 21.8 Å². The van der Waals surface area contributed by atoms with Crippen LogP contribution in [0.4, 0.5) is 5.69 Å². The van der Waals surface area contributed by atoms with Crippen LogP contribution < -0.4 is 5.32 Å². The lowest BCUT2D eigenvalue weighted by Crippen LogP contribution is -2.11. The number of hydrogen-bond acceptors (Lipinski definition) is 3. The van der Waals surface area contributed by atoms with Crippen LogP contribution in [0.15, 0.2) is 40.8 Å². The molecule has 21 heavy (non-hydrogen) atoms. The number of nitrogens with one attached hydrogen (secondary N) is 1. The van der Waals surface area contributed by atoms with E-state index in [-0.39, 0.29) is 11.7 Å². The molecular weight excluding hydrogens is 288 g/mol. The van der Waals surface area contributed by atoms with E-state index >= 15 is 0 Å². The predicted octanol–water partition coefficient (Wildman–Crippen LogP) is 4.35. The zero-order valence-electron chi connectivity index (χ0n) is 11.6. The molecule has 0 aliphatic rings. The standard InChI is InChI=1S/C16H13ClN2O2/c1-9-3-5-11(17)7-12(9)19-16(20)15-8-13-14(21-15)6-4-10(2)18-13/h3-8H,1-2H3,(H,19,20). The Kier molecular flexibility index (Phi) is 3.39.